The molecule has 0 radical (unpaired) electrons. The lowest BCUT2D eigenvalue weighted by Gasteiger charge is -2.20. The van der Waals surface area contributed by atoms with Crippen LogP contribution in [-0.2, 0) is 6.54 Å². The molecule has 0 spiro atoms. The van der Waals surface area contributed by atoms with Crippen LogP contribution in [0.4, 0.5) is 0 Å². The number of benzene rings is 1. The molecule has 90 valence electrons. The number of hydrogen-bond acceptors (Lipinski definition) is 3. The van der Waals surface area contributed by atoms with Crippen molar-refractivity contribution in [2.45, 2.75) is 32.9 Å². The van der Waals surface area contributed by atoms with Crippen LogP contribution in [0.15, 0.2) is 36.7 Å². The lowest BCUT2D eigenvalue weighted by atomic mass is 10.1. The Kier molecular flexibility index (Phi) is 3.24. The quantitative estimate of drug-likeness (QED) is 0.878. The number of nitrogens with zero attached hydrogens (tertiary/aromatic N) is 3. The maximum Gasteiger partial charge on any atom is 0.151 e. The van der Waals surface area contributed by atoms with E-state index in [1.54, 1.807) is 6.33 Å². The molecule has 2 aromatic rings. The van der Waals surface area contributed by atoms with Gasteiger partial charge in [-0.15, -0.1) is 10.2 Å². The maximum absolute atomic E-state index is 4.15. The van der Waals surface area contributed by atoms with Crippen LogP contribution in [0, 0.1) is 0 Å². The summed E-state index contributed by atoms with van der Waals surface area (Å²) in [5.41, 5.74) is 1.16. The summed E-state index contributed by atoms with van der Waals surface area (Å²) in [6.45, 7) is 7.11. The fourth-order valence-corrected chi connectivity index (χ4v) is 1.53. The molecule has 2 rings (SSSR count). The van der Waals surface area contributed by atoms with Gasteiger partial charge in [0.2, 0.25) is 0 Å². The lowest BCUT2D eigenvalue weighted by Crippen LogP contribution is -2.35. The highest BCUT2D eigenvalue weighted by molar-refractivity contribution is 5.31. The largest absolute Gasteiger partial charge is 0.305 e. The fraction of sp³-hybridized carbons (Fsp3) is 0.385. The molecule has 0 bridgehead atoms. The maximum atomic E-state index is 4.15. The second kappa shape index (κ2) is 4.67. The molecule has 0 aliphatic carbocycles. The van der Waals surface area contributed by atoms with E-state index >= 15 is 0 Å². The van der Waals surface area contributed by atoms with Crippen LogP contribution in [0.25, 0.3) is 5.69 Å². The van der Waals surface area contributed by atoms with E-state index in [0.717, 1.165) is 11.5 Å². The topological polar surface area (TPSA) is 42.7 Å². The number of aromatic nitrogens is 3. The monoisotopic (exact) mass is 230 g/mol. The molecule has 4 nitrogen and oxygen atoms in total. The molecule has 0 saturated carbocycles. The third-order valence-electron chi connectivity index (χ3n) is 2.43. The van der Waals surface area contributed by atoms with Crippen LogP contribution in [-0.4, -0.2) is 20.3 Å². The van der Waals surface area contributed by atoms with Crippen molar-refractivity contribution in [3.05, 3.63) is 42.5 Å². The summed E-state index contributed by atoms with van der Waals surface area (Å²) in [6.07, 6.45) is 1.75. The molecule has 1 aromatic heterocycles. The van der Waals surface area contributed by atoms with Gasteiger partial charge >= 0.3 is 0 Å². The Morgan fingerprint density at radius 2 is 1.88 bits per heavy atom. The van der Waals surface area contributed by atoms with E-state index in [1.807, 2.05) is 34.9 Å². The zero-order chi connectivity index (χ0) is 12.3. The minimum Gasteiger partial charge on any atom is -0.305 e. The summed E-state index contributed by atoms with van der Waals surface area (Å²) >= 11 is 0. The average molecular weight is 230 g/mol. The first-order valence-electron chi connectivity index (χ1n) is 5.76. The first-order chi connectivity index (χ1) is 8.06. The van der Waals surface area contributed by atoms with Crippen LogP contribution >= 0.6 is 0 Å². The van der Waals surface area contributed by atoms with Gasteiger partial charge in [-0.25, -0.2) is 0 Å². The number of hydrogen-bond donors (Lipinski definition) is 1. The van der Waals surface area contributed by atoms with E-state index in [1.165, 1.54) is 0 Å². The van der Waals surface area contributed by atoms with E-state index in [2.05, 4.69) is 36.3 Å². The average Bonchev–Trinajstić information content (AvgIpc) is 2.75. The molecular formula is C13H18N4. The van der Waals surface area contributed by atoms with Gasteiger partial charge in [-0.2, -0.15) is 0 Å². The molecule has 17 heavy (non-hydrogen) atoms. The number of nitrogens with one attached hydrogen (secondary N) is 1. The van der Waals surface area contributed by atoms with Crippen LogP contribution in [0.3, 0.4) is 0 Å². The summed E-state index contributed by atoms with van der Waals surface area (Å²) in [7, 11) is 0. The molecule has 4 heteroatoms. The van der Waals surface area contributed by atoms with Gasteiger partial charge in [-0.05, 0) is 32.9 Å². The molecule has 0 unspecified atom stereocenters. The second-order valence-corrected chi connectivity index (χ2v) is 5.06. The number of para-hydroxylation sites is 1. The van der Waals surface area contributed by atoms with Crippen molar-refractivity contribution in [3.8, 4) is 5.69 Å². The molecule has 0 fully saturated rings. The first kappa shape index (κ1) is 11.8. The molecule has 0 saturated heterocycles. The predicted molar refractivity (Wildman–Crippen MR) is 68.0 cm³/mol. The Hall–Kier alpha value is -1.68. The highest BCUT2D eigenvalue weighted by Gasteiger charge is 2.12. The van der Waals surface area contributed by atoms with Gasteiger partial charge in [0.15, 0.2) is 5.82 Å². The first-order valence-corrected chi connectivity index (χ1v) is 5.76. The Balaban J connectivity index is 2.18. The zero-order valence-corrected chi connectivity index (χ0v) is 10.5. The van der Waals surface area contributed by atoms with E-state index in [4.69, 9.17) is 0 Å². The molecule has 0 aliphatic heterocycles. The Labute approximate surface area is 102 Å². The lowest BCUT2D eigenvalue weighted by molar-refractivity contribution is 0.416. The molecule has 0 amide bonds. The third-order valence-corrected chi connectivity index (χ3v) is 2.43. The van der Waals surface area contributed by atoms with Crippen LogP contribution in [0.2, 0.25) is 0 Å². The highest BCUT2D eigenvalue weighted by Crippen LogP contribution is 2.09. The Morgan fingerprint density at radius 3 is 2.53 bits per heavy atom. The summed E-state index contributed by atoms with van der Waals surface area (Å²) < 4.78 is 2.00. The smallest absolute Gasteiger partial charge is 0.151 e. The van der Waals surface area contributed by atoms with Gasteiger partial charge in [0, 0.05) is 11.2 Å². The van der Waals surface area contributed by atoms with Gasteiger partial charge in [-0.1, -0.05) is 18.2 Å². The highest BCUT2D eigenvalue weighted by atomic mass is 15.3. The summed E-state index contributed by atoms with van der Waals surface area (Å²) in [6, 6.07) is 10.1. The van der Waals surface area contributed by atoms with Crippen molar-refractivity contribution < 1.29 is 0 Å². The van der Waals surface area contributed by atoms with Gasteiger partial charge in [-0.3, -0.25) is 4.57 Å². The SMILES string of the molecule is CC(C)(C)NCc1nncn1-c1ccccc1. The Bertz CT molecular complexity index is 468. The molecular weight excluding hydrogens is 212 g/mol. The van der Waals surface area contributed by atoms with E-state index in [0.29, 0.717) is 6.54 Å². The van der Waals surface area contributed by atoms with E-state index in [9.17, 15) is 0 Å². The van der Waals surface area contributed by atoms with Crippen LogP contribution in [0.5, 0.6) is 0 Å². The van der Waals surface area contributed by atoms with Crippen LogP contribution < -0.4 is 5.32 Å². The van der Waals surface area contributed by atoms with Gasteiger partial charge < -0.3 is 5.32 Å². The van der Waals surface area contributed by atoms with Gasteiger partial charge in [0.05, 0.1) is 6.54 Å². The predicted octanol–water partition coefficient (Wildman–Crippen LogP) is 2.16. The normalized spacial score (nSPS) is 11.7. The van der Waals surface area contributed by atoms with E-state index < -0.39 is 0 Å². The molecule has 0 aliphatic rings. The molecule has 1 aromatic carbocycles. The summed E-state index contributed by atoms with van der Waals surface area (Å²) in [4.78, 5) is 0. The van der Waals surface area contributed by atoms with Gasteiger partial charge in [0.25, 0.3) is 0 Å². The van der Waals surface area contributed by atoms with Crippen molar-refractivity contribution >= 4 is 0 Å². The minimum atomic E-state index is 0.0769. The van der Waals surface area contributed by atoms with Crippen molar-refractivity contribution in [2.75, 3.05) is 0 Å². The van der Waals surface area contributed by atoms with Crippen molar-refractivity contribution in [3.63, 3.8) is 0 Å². The second-order valence-electron chi connectivity index (χ2n) is 5.06. The fourth-order valence-electron chi connectivity index (χ4n) is 1.53. The molecule has 1 heterocycles. The standard InChI is InChI=1S/C13H18N4/c1-13(2,3)14-9-12-16-15-10-17(12)11-7-5-4-6-8-11/h4-8,10,14H,9H2,1-3H3. The summed E-state index contributed by atoms with van der Waals surface area (Å²) in [5, 5.41) is 11.5. The zero-order valence-electron chi connectivity index (χ0n) is 10.5. The summed E-state index contributed by atoms with van der Waals surface area (Å²) in [5.74, 6) is 0.922. The van der Waals surface area contributed by atoms with Crippen molar-refractivity contribution in [2.24, 2.45) is 0 Å². The number of rotatable bonds is 3. The van der Waals surface area contributed by atoms with Gasteiger partial charge in [0.1, 0.15) is 6.33 Å². The van der Waals surface area contributed by atoms with E-state index in [-0.39, 0.29) is 5.54 Å². The third kappa shape index (κ3) is 3.14. The van der Waals surface area contributed by atoms with Crippen molar-refractivity contribution in [1.29, 1.82) is 0 Å². The Morgan fingerprint density at radius 1 is 1.18 bits per heavy atom. The van der Waals surface area contributed by atoms with Crippen molar-refractivity contribution in [1.82, 2.24) is 20.1 Å². The minimum absolute atomic E-state index is 0.0769. The molecule has 1 N–H and O–H groups in total. The van der Waals surface area contributed by atoms with Crippen LogP contribution in [0.1, 0.15) is 26.6 Å². The molecule has 0 atom stereocenters.